The summed E-state index contributed by atoms with van der Waals surface area (Å²) in [6.45, 7) is 4.93. The Kier molecular flexibility index (Phi) is 7.30. The molecule has 138 valence electrons. The van der Waals surface area contributed by atoms with E-state index in [1.54, 1.807) is 47.4 Å². The predicted octanol–water partition coefficient (Wildman–Crippen LogP) is 4.49. The number of benzene rings is 2. The molecule has 2 aromatic carbocycles. The van der Waals surface area contributed by atoms with Crippen molar-refractivity contribution in [2.45, 2.75) is 13.8 Å². The molecule has 2 rings (SSSR count). The Morgan fingerprint density at radius 3 is 2.12 bits per heavy atom. The highest BCUT2D eigenvalue weighted by Gasteiger charge is 2.13. The van der Waals surface area contributed by atoms with E-state index >= 15 is 0 Å². The highest BCUT2D eigenvalue weighted by Crippen LogP contribution is 2.32. The molecule has 2 amide bonds. The molecular formula is C19H20Cl2N2O3. The van der Waals surface area contributed by atoms with Gasteiger partial charge in [0.25, 0.3) is 11.8 Å². The molecule has 0 saturated heterocycles. The van der Waals surface area contributed by atoms with Crippen molar-refractivity contribution in [3.05, 3.63) is 58.1 Å². The minimum absolute atomic E-state index is 0.0374. The topological polar surface area (TPSA) is 58.6 Å². The molecule has 0 saturated carbocycles. The van der Waals surface area contributed by atoms with Gasteiger partial charge in [0.05, 0.1) is 10.0 Å². The maximum Gasteiger partial charge on any atom is 0.262 e. The van der Waals surface area contributed by atoms with Gasteiger partial charge in [-0.05, 0) is 50.2 Å². The summed E-state index contributed by atoms with van der Waals surface area (Å²) in [6.07, 6.45) is 0. The fourth-order valence-electron chi connectivity index (χ4n) is 2.34. The van der Waals surface area contributed by atoms with Gasteiger partial charge in [-0.3, -0.25) is 9.59 Å². The minimum Gasteiger partial charge on any atom is -0.481 e. The number of para-hydroxylation sites is 1. The molecule has 0 aromatic heterocycles. The Bertz CT molecular complexity index is 755. The van der Waals surface area contributed by atoms with Crippen LogP contribution in [-0.4, -0.2) is 36.4 Å². The molecular weight excluding hydrogens is 375 g/mol. The average Bonchev–Trinajstić information content (AvgIpc) is 2.63. The van der Waals surface area contributed by atoms with E-state index in [9.17, 15) is 9.59 Å². The first-order valence-corrected chi connectivity index (χ1v) is 8.97. The lowest BCUT2D eigenvalue weighted by Gasteiger charge is -2.18. The molecule has 0 aliphatic carbocycles. The van der Waals surface area contributed by atoms with E-state index < -0.39 is 0 Å². The van der Waals surface area contributed by atoms with Gasteiger partial charge in [-0.25, -0.2) is 0 Å². The van der Waals surface area contributed by atoms with Crippen molar-refractivity contribution in [3.8, 4) is 5.75 Å². The van der Waals surface area contributed by atoms with Crippen LogP contribution in [0.5, 0.6) is 5.75 Å². The van der Waals surface area contributed by atoms with Crippen LogP contribution in [0.3, 0.4) is 0 Å². The Balaban J connectivity index is 1.94. The summed E-state index contributed by atoms with van der Waals surface area (Å²) in [7, 11) is 0. The number of halogens is 2. The third kappa shape index (κ3) is 5.13. The molecule has 0 spiro atoms. The number of anilines is 1. The smallest absolute Gasteiger partial charge is 0.262 e. The SMILES string of the molecule is CCN(CC)C(=O)c1ccc(NC(=O)COc2c(Cl)cccc2Cl)cc1. The monoisotopic (exact) mass is 394 g/mol. The van der Waals surface area contributed by atoms with Crippen LogP contribution >= 0.6 is 23.2 Å². The van der Waals surface area contributed by atoms with Crippen LogP contribution in [0.1, 0.15) is 24.2 Å². The summed E-state index contributed by atoms with van der Waals surface area (Å²) in [5.41, 5.74) is 1.14. The van der Waals surface area contributed by atoms with Crippen molar-refractivity contribution in [2.75, 3.05) is 25.0 Å². The molecule has 5 nitrogen and oxygen atoms in total. The molecule has 0 fully saturated rings. The van der Waals surface area contributed by atoms with Gasteiger partial charge in [0.2, 0.25) is 0 Å². The van der Waals surface area contributed by atoms with Crippen molar-refractivity contribution >= 4 is 40.7 Å². The van der Waals surface area contributed by atoms with Crippen LogP contribution in [-0.2, 0) is 4.79 Å². The van der Waals surface area contributed by atoms with Crippen molar-refractivity contribution in [1.29, 1.82) is 0 Å². The number of amides is 2. The van der Waals surface area contributed by atoms with Crippen LogP contribution in [0.25, 0.3) is 0 Å². The number of ether oxygens (including phenoxy) is 1. The quantitative estimate of drug-likeness (QED) is 0.752. The standard InChI is InChI=1S/C19H20Cl2N2O3/c1-3-23(4-2)19(25)13-8-10-14(11-9-13)22-17(24)12-26-18-15(20)6-5-7-16(18)21/h5-11H,3-4,12H2,1-2H3,(H,22,24). The van der Waals surface area contributed by atoms with E-state index in [0.717, 1.165) is 0 Å². The highest BCUT2D eigenvalue weighted by atomic mass is 35.5. The predicted molar refractivity (Wildman–Crippen MR) is 104 cm³/mol. The second-order valence-corrected chi connectivity index (χ2v) is 6.26. The summed E-state index contributed by atoms with van der Waals surface area (Å²) >= 11 is 12.0. The molecule has 0 bridgehead atoms. The number of nitrogens with zero attached hydrogens (tertiary/aromatic N) is 1. The summed E-state index contributed by atoms with van der Waals surface area (Å²) in [5.74, 6) is -0.125. The zero-order valence-electron chi connectivity index (χ0n) is 14.6. The van der Waals surface area contributed by atoms with Gasteiger partial charge in [0.1, 0.15) is 0 Å². The van der Waals surface area contributed by atoms with Crippen LogP contribution in [0, 0.1) is 0 Å². The summed E-state index contributed by atoms with van der Waals surface area (Å²) in [4.78, 5) is 26.0. The number of carbonyl (C=O) groups excluding carboxylic acids is 2. The van der Waals surface area contributed by atoms with Gasteiger partial charge in [-0.1, -0.05) is 29.3 Å². The van der Waals surface area contributed by atoms with Crippen LogP contribution in [0.4, 0.5) is 5.69 Å². The zero-order valence-corrected chi connectivity index (χ0v) is 16.1. The van der Waals surface area contributed by atoms with Crippen molar-refractivity contribution in [1.82, 2.24) is 4.90 Å². The highest BCUT2D eigenvalue weighted by molar-refractivity contribution is 6.37. The molecule has 7 heteroatoms. The maximum absolute atomic E-state index is 12.3. The largest absolute Gasteiger partial charge is 0.481 e. The Hall–Kier alpha value is -2.24. The van der Waals surface area contributed by atoms with E-state index in [2.05, 4.69) is 5.32 Å². The van der Waals surface area contributed by atoms with Crippen LogP contribution in [0.15, 0.2) is 42.5 Å². The second-order valence-electron chi connectivity index (χ2n) is 5.44. The molecule has 1 N–H and O–H groups in total. The molecule has 0 heterocycles. The van der Waals surface area contributed by atoms with E-state index in [0.29, 0.717) is 34.4 Å². The Morgan fingerprint density at radius 2 is 1.58 bits per heavy atom. The van der Waals surface area contributed by atoms with Crippen molar-refractivity contribution in [2.24, 2.45) is 0 Å². The number of hydrogen-bond acceptors (Lipinski definition) is 3. The third-order valence-corrected chi connectivity index (χ3v) is 4.33. The molecule has 0 radical (unpaired) electrons. The Labute approximate surface area is 162 Å². The fourth-order valence-corrected chi connectivity index (χ4v) is 2.85. The van der Waals surface area contributed by atoms with Crippen LogP contribution in [0.2, 0.25) is 10.0 Å². The molecule has 0 unspecified atom stereocenters. The lowest BCUT2D eigenvalue weighted by atomic mass is 10.2. The summed E-state index contributed by atoms with van der Waals surface area (Å²) in [5, 5.41) is 3.37. The fraction of sp³-hybridized carbons (Fsp3) is 0.263. The van der Waals surface area contributed by atoms with E-state index in [4.69, 9.17) is 27.9 Å². The Morgan fingerprint density at radius 1 is 1.00 bits per heavy atom. The first-order valence-electron chi connectivity index (χ1n) is 8.22. The maximum atomic E-state index is 12.3. The van der Waals surface area contributed by atoms with Gasteiger partial charge < -0.3 is 15.0 Å². The lowest BCUT2D eigenvalue weighted by molar-refractivity contribution is -0.118. The average molecular weight is 395 g/mol. The summed E-state index contributed by atoms with van der Waals surface area (Å²) < 4.78 is 5.39. The molecule has 0 atom stereocenters. The number of nitrogens with one attached hydrogen (secondary N) is 1. The van der Waals surface area contributed by atoms with Gasteiger partial charge >= 0.3 is 0 Å². The van der Waals surface area contributed by atoms with Crippen molar-refractivity contribution < 1.29 is 14.3 Å². The van der Waals surface area contributed by atoms with Gasteiger partial charge in [-0.2, -0.15) is 0 Å². The number of rotatable bonds is 7. The minimum atomic E-state index is -0.358. The first kappa shape index (κ1) is 20.1. The van der Waals surface area contributed by atoms with Gasteiger partial charge in [-0.15, -0.1) is 0 Å². The number of hydrogen-bond donors (Lipinski definition) is 1. The van der Waals surface area contributed by atoms with E-state index in [1.165, 1.54) is 0 Å². The molecule has 2 aromatic rings. The normalized spacial score (nSPS) is 10.3. The van der Waals surface area contributed by atoms with Gasteiger partial charge in [0.15, 0.2) is 12.4 Å². The zero-order chi connectivity index (χ0) is 19.1. The first-order chi connectivity index (χ1) is 12.5. The third-order valence-electron chi connectivity index (χ3n) is 3.73. The second kappa shape index (κ2) is 9.46. The summed E-state index contributed by atoms with van der Waals surface area (Å²) in [6, 6.07) is 11.7. The van der Waals surface area contributed by atoms with E-state index in [-0.39, 0.29) is 24.2 Å². The van der Waals surface area contributed by atoms with E-state index in [1.807, 2.05) is 13.8 Å². The van der Waals surface area contributed by atoms with Crippen molar-refractivity contribution in [3.63, 3.8) is 0 Å². The lowest BCUT2D eigenvalue weighted by Crippen LogP contribution is -2.30. The molecule has 0 aliphatic heterocycles. The van der Waals surface area contributed by atoms with Gasteiger partial charge in [0, 0.05) is 24.3 Å². The molecule has 26 heavy (non-hydrogen) atoms. The number of carbonyl (C=O) groups is 2. The molecule has 0 aliphatic rings. The van der Waals surface area contributed by atoms with Crippen LogP contribution < -0.4 is 10.1 Å².